The lowest BCUT2D eigenvalue weighted by atomic mass is 10.1. The third kappa shape index (κ3) is 4.07. The normalized spacial score (nSPS) is 16.4. The molecule has 142 valence electrons. The maximum absolute atomic E-state index is 13.2. The molecule has 0 bridgehead atoms. The second-order valence-electron chi connectivity index (χ2n) is 7.02. The minimum atomic E-state index is -0.342. The fraction of sp³-hybridized carbons (Fsp3) is 0.217. The van der Waals surface area contributed by atoms with Gasteiger partial charge in [-0.25, -0.2) is 4.39 Å². The Morgan fingerprint density at radius 3 is 2.57 bits per heavy atom. The van der Waals surface area contributed by atoms with Gasteiger partial charge in [0.05, 0.1) is 11.7 Å². The van der Waals surface area contributed by atoms with Crippen LogP contribution in [0.1, 0.15) is 46.2 Å². The summed E-state index contributed by atoms with van der Waals surface area (Å²) in [6.45, 7) is 0.684. The molecular formula is C23H20ClFN2O. The molecular weight excluding hydrogens is 375 g/mol. The smallest absolute Gasteiger partial charge is 0.254 e. The minimum Gasteiger partial charge on any atom is -0.330 e. The zero-order chi connectivity index (χ0) is 19.5. The number of likely N-dealkylation sites (tertiary alicyclic amines) is 1. The van der Waals surface area contributed by atoms with Gasteiger partial charge >= 0.3 is 0 Å². The second kappa shape index (κ2) is 8.11. The van der Waals surface area contributed by atoms with Crippen LogP contribution >= 0.6 is 11.6 Å². The molecule has 2 aromatic carbocycles. The van der Waals surface area contributed by atoms with E-state index in [-0.39, 0.29) is 17.8 Å². The molecule has 1 aromatic heterocycles. The highest BCUT2D eigenvalue weighted by molar-refractivity contribution is 6.30. The number of halogens is 2. The van der Waals surface area contributed by atoms with E-state index in [4.69, 9.17) is 16.6 Å². The van der Waals surface area contributed by atoms with Gasteiger partial charge in [0.2, 0.25) is 0 Å². The van der Waals surface area contributed by atoms with Gasteiger partial charge in [0.15, 0.2) is 0 Å². The average Bonchev–Trinajstić information content (AvgIpc) is 3.20. The van der Waals surface area contributed by atoms with Gasteiger partial charge < -0.3 is 4.90 Å². The predicted molar refractivity (Wildman–Crippen MR) is 108 cm³/mol. The Bertz CT molecular complexity index is 973. The van der Waals surface area contributed by atoms with E-state index in [0.717, 1.165) is 29.8 Å². The van der Waals surface area contributed by atoms with Crippen molar-refractivity contribution in [1.82, 2.24) is 9.88 Å². The highest BCUT2D eigenvalue weighted by Crippen LogP contribution is 2.32. The molecule has 1 saturated heterocycles. The molecule has 0 aliphatic carbocycles. The third-order valence-electron chi connectivity index (χ3n) is 5.07. The number of rotatable bonds is 4. The van der Waals surface area contributed by atoms with E-state index in [1.54, 1.807) is 0 Å². The molecule has 1 atom stereocenters. The summed E-state index contributed by atoms with van der Waals surface area (Å²) in [6, 6.07) is 19.4. The summed E-state index contributed by atoms with van der Waals surface area (Å²) in [5.41, 5.74) is 3.51. The lowest BCUT2D eigenvalue weighted by molar-refractivity contribution is 0.0732. The Kier molecular flexibility index (Phi) is 5.40. The number of pyridine rings is 1. The monoisotopic (exact) mass is 394 g/mol. The fourth-order valence-electron chi connectivity index (χ4n) is 3.67. The van der Waals surface area contributed by atoms with Crippen LogP contribution in [0.25, 0.3) is 0 Å². The van der Waals surface area contributed by atoms with E-state index >= 15 is 0 Å². The summed E-state index contributed by atoms with van der Waals surface area (Å²) in [6.07, 6.45) is 2.52. The van der Waals surface area contributed by atoms with Gasteiger partial charge in [-0.2, -0.15) is 0 Å². The summed E-state index contributed by atoms with van der Waals surface area (Å²) in [5, 5.41) is 0.714. The molecule has 0 N–H and O–H groups in total. The minimum absolute atomic E-state index is 0.0530. The quantitative estimate of drug-likeness (QED) is 0.590. The molecule has 0 unspecified atom stereocenters. The van der Waals surface area contributed by atoms with Crippen LogP contribution in [0.5, 0.6) is 0 Å². The van der Waals surface area contributed by atoms with Crippen LogP contribution in [0.3, 0.4) is 0 Å². The van der Waals surface area contributed by atoms with Crippen molar-refractivity contribution < 1.29 is 9.18 Å². The van der Waals surface area contributed by atoms with Crippen molar-refractivity contribution in [2.45, 2.75) is 25.3 Å². The van der Waals surface area contributed by atoms with Gasteiger partial charge in [0.1, 0.15) is 5.82 Å². The Hall–Kier alpha value is -2.72. The molecule has 28 heavy (non-hydrogen) atoms. The Labute approximate surface area is 168 Å². The molecule has 1 aliphatic rings. The largest absolute Gasteiger partial charge is 0.330 e. The zero-order valence-electron chi connectivity index (χ0n) is 15.3. The number of aromatic nitrogens is 1. The Morgan fingerprint density at radius 1 is 1.07 bits per heavy atom. The fourth-order valence-corrected chi connectivity index (χ4v) is 3.80. The molecule has 2 heterocycles. The van der Waals surface area contributed by atoms with Crippen molar-refractivity contribution in [1.29, 1.82) is 0 Å². The molecule has 0 radical (unpaired) electrons. The highest BCUT2D eigenvalue weighted by atomic mass is 35.5. The van der Waals surface area contributed by atoms with Crippen LogP contribution in [0.15, 0.2) is 66.7 Å². The van der Waals surface area contributed by atoms with Crippen LogP contribution in [0.2, 0.25) is 5.02 Å². The van der Waals surface area contributed by atoms with Crippen LogP contribution in [0.4, 0.5) is 4.39 Å². The number of nitrogens with zero attached hydrogens (tertiary/aromatic N) is 2. The van der Waals surface area contributed by atoms with Crippen molar-refractivity contribution in [2.24, 2.45) is 0 Å². The second-order valence-corrected chi connectivity index (χ2v) is 7.46. The first kappa shape index (κ1) is 18.6. The molecule has 1 aliphatic heterocycles. The number of carbonyl (C=O) groups is 1. The van der Waals surface area contributed by atoms with Crippen LogP contribution in [-0.4, -0.2) is 22.3 Å². The Balaban J connectivity index is 1.55. The number of amides is 1. The number of carbonyl (C=O) groups excluding carboxylic acids is 1. The maximum Gasteiger partial charge on any atom is 0.254 e. The van der Waals surface area contributed by atoms with E-state index in [1.165, 1.54) is 24.3 Å². The molecule has 5 heteroatoms. The van der Waals surface area contributed by atoms with Gasteiger partial charge in [-0.1, -0.05) is 29.8 Å². The van der Waals surface area contributed by atoms with Gasteiger partial charge in [0, 0.05) is 29.2 Å². The molecule has 1 fully saturated rings. The van der Waals surface area contributed by atoms with E-state index in [0.29, 0.717) is 23.6 Å². The standard InChI is InChI=1S/C23H20ClFN2O/c24-18-10-6-16(7-11-18)15-20-3-1-4-21(26-20)22-5-2-14-27(22)23(28)17-8-12-19(25)13-9-17/h1,3-4,6-13,22H,2,5,14-15H2/t22-/m1/s1. The van der Waals surface area contributed by atoms with Crippen LogP contribution in [-0.2, 0) is 6.42 Å². The number of hydrogen-bond acceptors (Lipinski definition) is 2. The first-order valence-corrected chi connectivity index (χ1v) is 9.75. The van der Waals surface area contributed by atoms with E-state index in [2.05, 4.69) is 0 Å². The zero-order valence-corrected chi connectivity index (χ0v) is 16.1. The molecule has 3 aromatic rings. The van der Waals surface area contributed by atoms with Crippen molar-refractivity contribution in [3.63, 3.8) is 0 Å². The predicted octanol–water partition coefficient (Wildman–Crippen LogP) is 5.44. The summed E-state index contributed by atoms with van der Waals surface area (Å²) in [4.78, 5) is 19.6. The number of hydrogen-bond donors (Lipinski definition) is 0. The molecule has 3 nitrogen and oxygen atoms in total. The topological polar surface area (TPSA) is 33.2 Å². The molecule has 1 amide bonds. The summed E-state index contributed by atoms with van der Waals surface area (Å²) in [7, 11) is 0. The van der Waals surface area contributed by atoms with Gasteiger partial charge in [0.25, 0.3) is 5.91 Å². The Morgan fingerprint density at radius 2 is 1.82 bits per heavy atom. The number of benzene rings is 2. The van der Waals surface area contributed by atoms with Gasteiger partial charge in [-0.3, -0.25) is 9.78 Å². The van der Waals surface area contributed by atoms with Gasteiger partial charge in [-0.05, 0) is 66.9 Å². The maximum atomic E-state index is 13.2. The molecule has 4 rings (SSSR count). The summed E-state index contributed by atoms with van der Waals surface area (Å²) < 4.78 is 13.2. The summed E-state index contributed by atoms with van der Waals surface area (Å²) >= 11 is 5.96. The van der Waals surface area contributed by atoms with E-state index in [9.17, 15) is 9.18 Å². The SMILES string of the molecule is O=C(c1ccc(F)cc1)N1CCC[C@@H]1c1cccc(Cc2ccc(Cl)cc2)n1. The first-order chi connectivity index (χ1) is 13.6. The van der Waals surface area contributed by atoms with Crippen molar-refractivity contribution >= 4 is 17.5 Å². The van der Waals surface area contributed by atoms with E-state index < -0.39 is 0 Å². The van der Waals surface area contributed by atoms with Crippen LogP contribution < -0.4 is 0 Å². The molecule has 0 spiro atoms. The van der Waals surface area contributed by atoms with Crippen molar-refractivity contribution in [3.05, 3.63) is 100 Å². The van der Waals surface area contributed by atoms with Crippen molar-refractivity contribution in [2.75, 3.05) is 6.54 Å². The molecule has 0 saturated carbocycles. The van der Waals surface area contributed by atoms with E-state index in [1.807, 2.05) is 47.4 Å². The third-order valence-corrected chi connectivity index (χ3v) is 5.33. The highest BCUT2D eigenvalue weighted by Gasteiger charge is 2.31. The van der Waals surface area contributed by atoms with Crippen molar-refractivity contribution in [3.8, 4) is 0 Å². The average molecular weight is 395 g/mol. The lowest BCUT2D eigenvalue weighted by Gasteiger charge is -2.25. The first-order valence-electron chi connectivity index (χ1n) is 9.37. The van der Waals surface area contributed by atoms with Gasteiger partial charge in [-0.15, -0.1) is 0 Å². The lowest BCUT2D eigenvalue weighted by Crippen LogP contribution is -2.31. The summed E-state index contributed by atoms with van der Waals surface area (Å²) in [5.74, 6) is -0.418. The van der Waals surface area contributed by atoms with Crippen LogP contribution in [0, 0.1) is 5.82 Å².